The normalized spacial score (nSPS) is 29.5. The first-order valence-electron chi connectivity index (χ1n) is 11.3. The Labute approximate surface area is 195 Å². The predicted molar refractivity (Wildman–Crippen MR) is 122 cm³/mol. The molecule has 2 bridgehead atoms. The van der Waals surface area contributed by atoms with E-state index in [1.54, 1.807) is 0 Å². The fourth-order valence-corrected chi connectivity index (χ4v) is 8.76. The lowest BCUT2D eigenvalue weighted by atomic mass is 9.69. The Morgan fingerprint density at radius 1 is 1.27 bits per heavy atom. The van der Waals surface area contributed by atoms with E-state index in [1.165, 1.54) is 7.11 Å². The number of methoxy groups -OCH3 is 1. The van der Waals surface area contributed by atoms with Crippen LogP contribution in [0.15, 0.2) is 42.5 Å². The van der Waals surface area contributed by atoms with Gasteiger partial charge in [-0.15, -0.1) is 0 Å². The number of fused-ring (bicyclic) bond motifs is 1. The largest absolute Gasteiger partial charge is 0.466 e. The number of nitrogens with one attached hydrogen (secondary N) is 1. The lowest BCUT2D eigenvalue weighted by molar-refractivity contribution is -0.138. The summed E-state index contributed by atoms with van der Waals surface area (Å²) < 4.78 is 32.4. The second-order valence-electron chi connectivity index (χ2n) is 10.00. The standard InChI is InChI=1S/C24H32N2O6S/c1-16(22(28)31-4)12-19(25-32-14-17-8-6-5-7-9-17)21(27)26-20-13-18-10-11-24(20,23(18,2)3)15-33(26,29)30/h5-9,18-20,25H,1,10-15H2,2-4H3/t18-,19+,20-,24-/m1/s1. The Bertz CT molecular complexity index is 1050. The molecule has 2 saturated carbocycles. The Morgan fingerprint density at radius 3 is 2.61 bits per heavy atom. The van der Waals surface area contributed by atoms with E-state index in [0.29, 0.717) is 12.3 Å². The molecular weight excluding hydrogens is 444 g/mol. The molecule has 0 radical (unpaired) electrons. The van der Waals surface area contributed by atoms with Crippen LogP contribution in [0.5, 0.6) is 0 Å². The van der Waals surface area contributed by atoms with Gasteiger partial charge in [-0.1, -0.05) is 50.8 Å². The van der Waals surface area contributed by atoms with Crippen LogP contribution in [-0.4, -0.2) is 49.5 Å². The first kappa shape index (κ1) is 23.9. The molecule has 1 aromatic rings. The van der Waals surface area contributed by atoms with Crippen molar-refractivity contribution in [2.24, 2.45) is 16.7 Å². The molecule has 4 rings (SSSR count). The van der Waals surface area contributed by atoms with Crippen LogP contribution in [0.4, 0.5) is 0 Å². The molecule has 9 heteroatoms. The number of hydroxylamine groups is 1. The SMILES string of the molecule is C=C(C[C@H](NOCc1ccccc1)C(=O)N1[C@@H]2C[C@H]3CC[C@]2(CS1(=O)=O)C3(C)C)C(=O)OC. The monoisotopic (exact) mass is 476 g/mol. The van der Waals surface area contributed by atoms with E-state index >= 15 is 0 Å². The maximum Gasteiger partial charge on any atom is 0.333 e. The van der Waals surface area contributed by atoms with Gasteiger partial charge < -0.3 is 4.74 Å². The minimum atomic E-state index is -3.80. The number of hydrogen-bond donors (Lipinski definition) is 1. The van der Waals surface area contributed by atoms with Crippen molar-refractivity contribution in [2.75, 3.05) is 12.9 Å². The van der Waals surface area contributed by atoms with Crippen LogP contribution in [0.3, 0.4) is 0 Å². The van der Waals surface area contributed by atoms with Gasteiger partial charge in [-0.2, -0.15) is 5.48 Å². The van der Waals surface area contributed by atoms with Crippen LogP contribution in [-0.2, 0) is 35.8 Å². The van der Waals surface area contributed by atoms with Crippen molar-refractivity contribution in [2.45, 2.75) is 58.2 Å². The van der Waals surface area contributed by atoms with E-state index < -0.39 is 33.4 Å². The molecule has 0 aromatic heterocycles. The first-order chi connectivity index (χ1) is 15.5. The summed E-state index contributed by atoms with van der Waals surface area (Å²) in [6.45, 7) is 8.15. The molecule has 1 heterocycles. The summed E-state index contributed by atoms with van der Waals surface area (Å²) in [6, 6.07) is 7.91. The summed E-state index contributed by atoms with van der Waals surface area (Å²) in [4.78, 5) is 31.2. The molecule has 3 aliphatic rings. The number of hydrogen-bond acceptors (Lipinski definition) is 7. The molecule has 8 nitrogen and oxygen atoms in total. The number of carbonyl (C=O) groups is 2. The highest BCUT2D eigenvalue weighted by Gasteiger charge is 2.72. The van der Waals surface area contributed by atoms with Gasteiger partial charge in [0.15, 0.2) is 0 Å². The van der Waals surface area contributed by atoms with Gasteiger partial charge in [-0.05, 0) is 36.2 Å². The van der Waals surface area contributed by atoms with Gasteiger partial charge in [0.05, 0.1) is 25.5 Å². The fourth-order valence-electron chi connectivity index (χ4n) is 6.19. The maximum atomic E-state index is 13.7. The minimum absolute atomic E-state index is 0.0184. The smallest absolute Gasteiger partial charge is 0.333 e. The highest BCUT2D eigenvalue weighted by atomic mass is 32.2. The van der Waals surface area contributed by atoms with Crippen LogP contribution in [0.25, 0.3) is 0 Å². The quantitative estimate of drug-likeness (QED) is 0.349. The zero-order chi connectivity index (χ0) is 24.0. The molecule has 33 heavy (non-hydrogen) atoms. The van der Waals surface area contributed by atoms with Crippen molar-refractivity contribution in [3.05, 3.63) is 48.0 Å². The van der Waals surface area contributed by atoms with Crippen LogP contribution in [0, 0.1) is 16.7 Å². The topological polar surface area (TPSA) is 102 Å². The third-order valence-corrected chi connectivity index (χ3v) is 10.1. The van der Waals surface area contributed by atoms with Gasteiger partial charge in [-0.3, -0.25) is 9.63 Å². The van der Waals surface area contributed by atoms with E-state index in [4.69, 9.17) is 9.57 Å². The Morgan fingerprint density at radius 2 is 1.97 bits per heavy atom. The summed E-state index contributed by atoms with van der Waals surface area (Å²) in [5.41, 5.74) is 3.07. The van der Waals surface area contributed by atoms with Gasteiger partial charge in [0.1, 0.15) is 6.04 Å². The highest BCUT2D eigenvalue weighted by molar-refractivity contribution is 7.90. The third-order valence-electron chi connectivity index (χ3n) is 8.16. The van der Waals surface area contributed by atoms with Crippen molar-refractivity contribution in [1.29, 1.82) is 0 Å². The number of amides is 1. The van der Waals surface area contributed by atoms with E-state index in [2.05, 4.69) is 25.9 Å². The summed E-state index contributed by atoms with van der Waals surface area (Å²) in [5.74, 6) is -0.896. The first-order valence-corrected chi connectivity index (χ1v) is 12.9. The van der Waals surface area contributed by atoms with E-state index in [9.17, 15) is 18.0 Å². The zero-order valence-electron chi connectivity index (χ0n) is 19.4. The Kier molecular flexibility index (Phi) is 6.18. The van der Waals surface area contributed by atoms with Crippen LogP contribution >= 0.6 is 0 Å². The lowest BCUT2D eigenvalue weighted by Gasteiger charge is -2.37. The van der Waals surface area contributed by atoms with Crippen molar-refractivity contribution in [3.8, 4) is 0 Å². The van der Waals surface area contributed by atoms with Gasteiger partial charge >= 0.3 is 5.97 Å². The van der Waals surface area contributed by atoms with Gasteiger partial charge in [-0.25, -0.2) is 17.5 Å². The van der Waals surface area contributed by atoms with Crippen molar-refractivity contribution >= 4 is 21.9 Å². The fraction of sp³-hybridized carbons (Fsp3) is 0.583. The summed E-state index contributed by atoms with van der Waals surface area (Å²) in [5, 5.41) is 0. The molecule has 0 unspecified atom stereocenters. The van der Waals surface area contributed by atoms with Gasteiger partial charge in [0.2, 0.25) is 10.0 Å². The van der Waals surface area contributed by atoms with Crippen LogP contribution in [0.1, 0.15) is 45.1 Å². The number of nitrogens with zero attached hydrogens (tertiary/aromatic N) is 1. The number of ether oxygens (including phenoxy) is 1. The third kappa shape index (κ3) is 3.90. The number of benzene rings is 1. The predicted octanol–water partition coefficient (Wildman–Crippen LogP) is 2.56. The van der Waals surface area contributed by atoms with E-state index in [0.717, 1.165) is 22.7 Å². The summed E-state index contributed by atoms with van der Waals surface area (Å²) in [6.07, 6.45) is 2.34. The second kappa shape index (κ2) is 8.52. The molecule has 1 aromatic carbocycles. The number of esters is 1. The Hall–Kier alpha value is -2.23. The highest BCUT2D eigenvalue weighted by Crippen LogP contribution is 2.70. The van der Waals surface area contributed by atoms with Crippen molar-refractivity contribution in [1.82, 2.24) is 9.79 Å². The molecule has 3 fully saturated rings. The van der Waals surface area contributed by atoms with Crippen molar-refractivity contribution in [3.63, 3.8) is 0 Å². The van der Waals surface area contributed by atoms with E-state index in [1.807, 2.05) is 30.3 Å². The van der Waals surface area contributed by atoms with Crippen LogP contribution in [0.2, 0.25) is 0 Å². The second-order valence-corrected chi connectivity index (χ2v) is 11.8. The maximum absolute atomic E-state index is 13.7. The number of rotatable bonds is 8. The molecule has 1 spiro atoms. The lowest BCUT2D eigenvalue weighted by Crippen LogP contribution is -2.52. The summed E-state index contributed by atoms with van der Waals surface area (Å²) >= 11 is 0. The van der Waals surface area contributed by atoms with Crippen LogP contribution < -0.4 is 5.48 Å². The van der Waals surface area contributed by atoms with Crippen molar-refractivity contribution < 1.29 is 27.6 Å². The Balaban J connectivity index is 1.57. The summed E-state index contributed by atoms with van der Waals surface area (Å²) in [7, 11) is -2.57. The molecule has 1 amide bonds. The molecule has 1 saturated heterocycles. The molecule has 2 aliphatic carbocycles. The average Bonchev–Trinajstić information content (AvgIpc) is 3.26. The average molecular weight is 477 g/mol. The molecule has 4 atom stereocenters. The molecule has 1 N–H and O–H groups in total. The van der Waals surface area contributed by atoms with Gasteiger partial charge in [0, 0.05) is 17.4 Å². The number of sulfonamides is 1. The zero-order valence-corrected chi connectivity index (χ0v) is 20.2. The van der Waals surface area contributed by atoms with Gasteiger partial charge in [0.25, 0.3) is 5.91 Å². The molecular formula is C24H32N2O6S. The molecule has 180 valence electrons. The number of carbonyl (C=O) groups excluding carboxylic acids is 2. The van der Waals surface area contributed by atoms with E-state index in [-0.39, 0.29) is 35.8 Å². The minimum Gasteiger partial charge on any atom is -0.466 e. The molecule has 1 aliphatic heterocycles.